The van der Waals surface area contributed by atoms with E-state index in [0.717, 1.165) is 64.6 Å². The first-order valence-electron chi connectivity index (χ1n) is 11.3. The van der Waals surface area contributed by atoms with Crippen molar-refractivity contribution < 1.29 is 19.0 Å². The second-order valence-electron chi connectivity index (χ2n) is 8.47. The van der Waals surface area contributed by atoms with Crippen LogP contribution >= 0.6 is 0 Å². The normalized spacial score (nSPS) is 14.0. The molecule has 3 aromatic carbocycles. The van der Waals surface area contributed by atoms with Gasteiger partial charge in [-0.05, 0) is 78.6 Å². The van der Waals surface area contributed by atoms with E-state index in [9.17, 15) is 14.3 Å². The summed E-state index contributed by atoms with van der Waals surface area (Å²) in [7, 11) is 0. The van der Waals surface area contributed by atoms with Crippen molar-refractivity contribution in [2.24, 2.45) is 0 Å². The van der Waals surface area contributed by atoms with E-state index in [1.54, 1.807) is 19.1 Å². The largest absolute Gasteiger partial charge is 0.462 e. The number of hydrogen-bond donors (Lipinski definition) is 1. The van der Waals surface area contributed by atoms with Gasteiger partial charge in [0.2, 0.25) is 0 Å². The summed E-state index contributed by atoms with van der Waals surface area (Å²) in [5.41, 5.74) is 6.46. The third-order valence-corrected chi connectivity index (χ3v) is 6.40. The summed E-state index contributed by atoms with van der Waals surface area (Å²) < 4.78 is 19.2. The fourth-order valence-electron chi connectivity index (χ4n) is 4.83. The summed E-state index contributed by atoms with van der Waals surface area (Å²) in [6, 6.07) is 16.2. The second-order valence-corrected chi connectivity index (χ2v) is 8.47. The number of hydrogen-bond acceptors (Lipinski definition) is 3. The molecule has 32 heavy (non-hydrogen) atoms. The van der Waals surface area contributed by atoms with Crippen molar-refractivity contribution in [2.45, 2.75) is 52.1 Å². The summed E-state index contributed by atoms with van der Waals surface area (Å²) in [6.07, 6.45) is 4.42. The number of rotatable bonds is 6. The van der Waals surface area contributed by atoms with Gasteiger partial charge in [-0.2, -0.15) is 0 Å². The summed E-state index contributed by atoms with van der Waals surface area (Å²) in [4.78, 5) is 13.3. The first-order chi connectivity index (χ1) is 15.5. The minimum Gasteiger partial charge on any atom is -0.462 e. The molecule has 0 unspecified atom stereocenters. The molecule has 0 aromatic heterocycles. The van der Waals surface area contributed by atoms with E-state index in [4.69, 9.17) is 4.74 Å². The number of halogens is 1. The number of ether oxygens (including phenoxy) is 1. The van der Waals surface area contributed by atoms with Crippen molar-refractivity contribution in [3.63, 3.8) is 0 Å². The Kier molecular flexibility index (Phi) is 6.71. The van der Waals surface area contributed by atoms with Gasteiger partial charge in [-0.1, -0.05) is 54.8 Å². The van der Waals surface area contributed by atoms with Crippen LogP contribution in [0.5, 0.6) is 0 Å². The van der Waals surface area contributed by atoms with Crippen LogP contribution in [0, 0.1) is 12.7 Å². The summed E-state index contributed by atoms with van der Waals surface area (Å²) in [6.45, 7) is 3.88. The van der Waals surface area contributed by atoms with E-state index >= 15 is 0 Å². The first-order valence-corrected chi connectivity index (χ1v) is 11.3. The zero-order valence-corrected chi connectivity index (χ0v) is 18.7. The predicted molar refractivity (Wildman–Crippen MR) is 125 cm³/mol. The average Bonchev–Trinajstić information content (AvgIpc) is 3.34. The van der Waals surface area contributed by atoms with Gasteiger partial charge in [0, 0.05) is 5.56 Å². The minimum absolute atomic E-state index is 0.162. The Bertz CT molecular complexity index is 1100. The van der Waals surface area contributed by atoms with Crippen LogP contribution in [0.15, 0.2) is 54.6 Å². The van der Waals surface area contributed by atoms with Crippen molar-refractivity contribution >= 4 is 5.97 Å². The number of aliphatic hydroxyl groups excluding tert-OH is 1. The van der Waals surface area contributed by atoms with E-state index in [1.807, 2.05) is 37.3 Å². The van der Waals surface area contributed by atoms with E-state index < -0.39 is 5.97 Å². The van der Waals surface area contributed by atoms with Crippen LogP contribution in [0.25, 0.3) is 22.3 Å². The molecule has 4 heteroatoms. The van der Waals surface area contributed by atoms with Crippen LogP contribution in [-0.4, -0.2) is 17.7 Å². The molecule has 166 valence electrons. The molecule has 0 spiro atoms. The van der Waals surface area contributed by atoms with Gasteiger partial charge in [-0.25, -0.2) is 9.18 Å². The van der Waals surface area contributed by atoms with Crippen molar-refractivity contribution in [3.05, 3.63) is 82.7 Å². The molecule has 0 radical (unpaired) electrons. The topological polar surface area (TPSA) is 46.5 Å². The van der Waals surface area contributed by atoms with Crippen LogP contribution in [0.4, 0.5) is 4.39 Å². The average molecular weight is 433 g/mol. The molecule has 0 heterocycles. The van der Waals surface area contributed by atoms with Crippen LogP contribution in [0.2, 0.25) is 0 Å². The van der Waals surface area contributed by atoms with E-state index in [2.05, 4.69) is 0 Å². The Balaban J connectivity index is 2.08. The zero-order valence-electron chi connectivity index (χ0n) is 18.7. The van der Waals surface area contributed by atoms with Crippen molar-refractivity contribution in [3.8, 4) is 22.3 Å². The summed E-state index contributed by atoms with van der Waals surface area (Å²) >= 11 is 0. The quantitative estimate of drug-likeness (QED) is 0.436. The molecule has 3 nitrogen and oxygen atoms in total. The molecule has 0 aliphatic heterocycles. The maximum Gasteiger partial charge on any atom is 0.339 e. The molecule has 0 amide bonds. The highest BCUT2D eigenvalue weighted by Crippen LogP contribution is 2.44. The number of aryl methyl sites for hydroxylation is 1. The van der Waals surface area contributed by atoms with Gasteiger partial charge in [-0.3, -0.25) is 0 Å². The molecule has 1 saturated carbocycles. The molecular formula is C28H29FO3. The van der Waals surface area contributed by atoms with Gasteiger partial charge in [0.15, 0.2) is 0 Å². The maximum absolute atomic E-state index is 13.7. The number of benzene rings is 3. The Hall–Kier alpha value is -2.98. The smallest absolute Gasteiger partial charge is 0.339 e. The molecule has 0 saturated heterocycles. The molecule has 1 fully saturated rings. The Morgan fingerprint density at radius 1 is 1.03 bits per heavy atom. The van der Waals surface area contributed by atoms with Gasteiger partial charge >= 0.3 is 5.97 Å². The summed E-state index contributed by atoms with van der Waals surface area (Å²) in [5, 5.41) is 10.5. The fraction of sp³-hybridized carbons (Fsp3) is 0.321. The standard InChI is InChI=1S/C28H29FO3/c1-3-32-28(31)27-24(20-12-14-22(29)15-13-20)16-23(19-6-4-5-7-19)25(17-30)26(27)21-10-8-18(2)9-11-21/h8-16,19,30H,3-7,17H2,1-2H3. The minimum atomic E-state index is -0.435. The molecular weight excluding hydrogens is 403 g/mol. The molecule has 0 bridgehead atoms. The molecule has 0 atom stereocenters. The fourth-order valence-corrected chi connectivity index (χ4v) is 4.83. The van der Waals surface area contributed by atoms with Crippen LogP contribution in [0.1, 0.15) is 65.6 Å². The first kappa shape index (κ1) is 22.2. The number of aliphatic hydroxyl groups is 1. The van der Waals surface area contributed by atoms with E-state index in [0.29, 0.717) is 11.5 Å². The lowest BCUT2D eigenvalue weighted by Gasteiger charge is -2.24. The van der Waals surface area contributed by atoms with Gasteiger partial charge < -0.3 is 9.84 Å². The lowest BCUT2D eigenvalue weighted by molar-refractivity contribution is 0.0528. The monoisotopic (exact) mass is 432 g/mol. The molecule has 3 aromatic rings. The maximum atomic E-state index is 13.7. The molecule has 1 aliphatic carbocycles. The van der Waals surface area contributed by atoms with Gasteiger partial charge in [0.25, 0.3) is 0 Å². The highest BCUT2D eigenvalue weighted by atomic mass is 19.1. The number of carbonyl (C=O) groups is 1. The van der Waals surface area contributed by atoms with Gasteiger partial charge in [0.1, 0.15) is 5.82 Å². The highest BCUT2D eigenvalue weighted by molar-refractivity contribution is 6.05. The Morgan fingerprint density at radius 3 is 2.25 bits per heavy atom. The Morgan fingerprint density at radius 2 is 1.66 bits per heavy atom. The molecule has 4 rings (SSSR count). The lowest BCUT2D eigenvalue weighted by Crippen LogP contribution is -2.13. The number of carbonyl (C=O) groups excluding carboxylic acids is 1. The highest BCUT2D eigenvalue weighted by Gasteiger charge is 2.29. The third kappa shape index (κ3) is 4.33. The lowest BCUT2D eigenvalue weighted by atomic mass is 9.81. The zero-order chi connectivity index (χ0) is 22.7. The summed E-state index contributed by atoms with van der Waals surface area (Å²) in [5.74, 6) is -0.431. The molecule has 1 N–H and O–H groups in total. The van der Waals surface area contributed by atoms with E-state index in [1.165, 1.54) is 12.1 Å². The van der Waals surface area contributed by atoms with Crippen LogP contribution in [0.3, 0.4) is 0 Å². The van der Waals surface area contributed by atoms with Crippen molar-refractivity contribution in [1.29, 1.82) is 0 Å². The van der Waals surface area contributed by atoms with Gasteiger partial charge in [0.05, 0.1) is 18.8 Å². The Labute approximate surface area is 188 Å². The van der Waals surface area contributed by atoms with E-state index in [-0.39, 0.29) is 19.0 Å². The molecule has 1 aliphatic rings. The second kappa shape index (κ2) is 9.66. The van der Waals surface area contributed by atoms with Gasteiger partial charge in [-0.15, -0.1) is 0 Å². The predicted octanol–water partition coefficient (Wildman–Crippen LogP) is 6.79. The van der Waals surface area contributed by atoms with Crippen molar-refractivity contribution in [1.82, 2.24) is 0 Å². The van der Waals surface area contributed by atoms with Crippen molar-refractivity contribution in [2.75, 3.05) is 6.61 Å². The number of esters is 1. The SMILES string of the molecule is CCOC(=O)c1c(-c2ccc(F)cc2)cc(C2CCCC2)c(CO)c1-c1ccc(C)cc1. The third-order valence-electron chi connectivity index (χ3n) is 6.40. The van der Waals surface area contributed by atoms with Crippen LogP contribution < -0.4 is 0 Å². The van der Waals surface area contributed by atoms with Crippen LogP contribution in [-0.2, 0) is 11.3 Å².